The van der Waals surface area contributed by atoms with Gasteiger partial charge in [-0.25, -0.2) is 8.42 Å². The molecule has 0 aromatic rings. The van der Waals surface area contributed by atoms with E-state index in [4.69, 9.17) is 11.6 Å². The van der Waals surface area contributed by atoms with Crippen molar-refractivity contribution in [3.8, 4) is 0 Å². The highest BCUT2D eigenvalue weighted by atomic mass is 35.5. The molecule has 0 aromatic heterocycles. The van der Waals surface area contributed by atoms with Crippen molar-refractivity contribution in [3.05, 3.63) is 0 Å². The molecule has 1 heterocycles. The zero-order valence-electron chi connectivity index (χ0n) is 10.9. The third kappa shape index (κ3) is 4.76. The van der Waals surface area contributed by atoms with E-state index in [0.717, 1.165) is 32.1 Å². The first-order chi connectivity index (χ1) is 7.97. The lowest BCUT2D eigenvalue weighted by molar-refractivity contribution is 0.367. The Balaban J connectivity index is 2.56. The maximum absolute atomic E-state index is 12.2. The number of hydrogen-bond acceptors (Lipinski definition) is 2. The molecule has 1 unspecified atom stereocenters. The number of rotatable bonds is 7. The maximum atomic E-state index is 12.2. The van der Waals surface area contributed by atoms with E-state index in [1.807, 2.05) is 0 Å². The fraction of sp³-hybridized carbons (Fsp3) is 1.00. The van der Waals surface area contributed by atoms with Gasteiger partial charge in [0.25, 0.3) is 0 Å². The number of hydrogen-bond donors (Lipinski definition) is 0. The molecule has 0 bridgehead atoms. The molecule has 0 radical (unpaired) electrons. The van der Waals surface area contributed by atoms with E-state index in [9.17, 15) is 8.42 Å². The molecule has 0 spiro atoms. The smallest absolute Gasteiger partial charge is 0.212 e. The van der Waals surface area contributed by atoms with E-state index < -0.39 is 10.0 Å². The summed E-state index contributed by atoms with van der Waals surface area (Å²) >= 11 is 5.68. The Morgan fingerprint density at radius 3 is 2.71 bits per heavy atom. The van der Waals surface area contributed by atoms with E-state index in [1.165, 1.54) is 0 Å². The molecule has 1 atom stereocenters. The third-order valence-electron chi connectivity index (χ3n) is 3.30. The van der Waals surface area contributed by atoms with Gasteiger partial charge in [-0.2, -0.15) is 4.31 Å². The Morgan fingerprint density at radius 1 is 1.41 bits per heavy atom. The van der Waals surface area contributed by atoms with Crippen molar-refractivity contribution in [1.29, 1.82) is 0 Å². The lowest BCUT2D eigenvalue weighted by atomic mass is 10.1. The van der Waals surface area contributed by atoms with Gasteiger partial charge in [0.2, 0.25) is 10.0 Å². The molecule has 1 aliphatic rings. The SMILES string of the molecule is CC(C)CCS(=O)(=O)N1CCCC1CCCCl. The largest absolute Gasteiger partial charge is 0.214 e. The molecule has 0 aromatic carbocycles. The highest BCUT2D eigenvalue weighted by molar-refractivity contribution is 7.89. The highest BCUT2D eigenvalue weighted by Crippen LogP contribution is 2.25. The van der Waals surface area contributed by atoms with Crippen LogP contribution in [-0.2, 0) is 10.0 Å². The third-order valence-corrected chi connectivity index (χ3v) is 5.52. The van der Waals surface area contributed by atoms with Gasteiger partial charge in [0.15, 0.2) is 0 Å². The van der Waals surface area contributed by atoms with Gasteiger partial charge in [0.05, 0.1) is 5.75 Å². The lowest BCUT2D eigenvalue weighted by Crippen LogP contribution is -2.37. The lowest BCUT2D eigenvalue weighted by Gasteiger charge is -2.24. The summed E-state index contributed by atoms with van der Waals surface area (Å²) in [5.41, 5.74) is 0. The van der Waals surface area contributed by atoms with Crippen LogP contribution in [0, 0.1) is 5.92 Å². The zero-order chi connectivity index (χ0) is 12.9. The van der Waals surface area contributed by atoms with Crippen molar-refractivity contribution in [2.45, 2.75) is 52.0 Å². The van der Waals surface area contributed by atoms with Crippen LogP contribution in [0.15, 0.2) is 0 Å². The van der Waals surface area contributed by atoms with Crippen molar-refractivity contribution in [2.75, 3.05) is 18.2 Å². The standard InChI is InChI=1S/C12H24ClNO2S/c1-11(2)7-10-17(15,16)14-9-4-6-12(14)5-3-8-13/h11-12H,3-10H2,1-2H3. The van der Waals surface area contributed by atoms with Crippen LogP contribution in [0.5, 0.6) is 0 Å². The molecule has 1 saturated heterocycles. The second kappa shape index (κ2) is 6.95. The van der Waals surface area contributed by atoms with Gasteiger partial charge in [-0.15, -0.1) is 11.6 Å². The number of halogens is 1. The molecule has 17 heavy (non-hydrogen) atoms. The van der Waals surface area contributed by atoms with Gasteiger partial charge in [-0.1, -0.05) is 13.8 Å². The Morgan fingerprint density at radius 2 is 2.12 bits per heavy atom. The minimum atomic E-state index is -3.04. The molecule has 3 nitrogen and oxygen atoms in total. The topological polar surface area (TPSA) is 37.4 Å². The van der Waals surface area contributed by atoms with Gasteiger partial charge in [0, 0.05) is 18.5 Å². The zero-order valence-corrected chi connectivity index (χ0v) is 12.4. The molecule has 1 rings (SSSR count). The fourth-order valence-corrected chi connectivity index (χ4v) is 4.51. The summed E-state index contributed by atoms with van der Waals surface area (Å²) in [6, 6.07) is 0.200. The fourth-order valence-electron chi connectivity index (χ4n) is 2.28. The minimum Gasteiger partial charge on any atom is -0.212 e. The van der Waals surface area contributed by atoms with Crippen LogP contribution in [-0.4, -0.2) is 36.9 Å². The molecule has 5 heteroatoms. The summed E-state index contributed by atoms with van der Waals surface area (Å²) in [6.07, 6.45) is 4.56. The van der Waals surface area contributed by atoms with Crippen LogP contribution in [0.25, 0.3) is 0 Å². The van der Waals surface area contributed by atoms with E-state index >= 15 is 0 Å². The number of alkyl halides is 1. The molecule has 0 N–H and O–H groups in total. The van der Waals surface area contributed by atoms with E-state index in [0.29, 0.717) is 24.1 Å². The van der Waals surface area contributed by atoms with E-state index in [2.05, 4.69) is 13.8 Å². The second-order valence-corrected chi connectivity index (χ2v) is 7.66. The molecule has 0 amide bonds. The van der Waals surface area contributed by atoms with Crippen molar-refractivity contribution < 1.29 is 8.42 Å². The van der Waals surface area contributed by atoms with Crippen LogP contribution < -0.4 is 0 Å². The summed E-state index contributed by atoms with van der Waals surface area (Å²) in [6.45, 7) is 4.82. The summed E-state index contributed by atoms with van der Waals surface area (Å²) in [7, 11) is -3.04. The molecular formula is C12H24ClNO2S. The van der Waals surface area contributed by atoms with Crippen LogP contribution in [0.3, 0.4) is 0 Å². The first-order valence-corrected chi connectivity index (χ1v) is 8.67. The van der Waals surface area contributed by atoms with Gasteiger partial charge in [0.1, 0.15) is 0 Å². The molecule has 0 aliphatic carbocycles. The van der Waals surface area contributed by atoms with E-state index in [1.54, 1.807) is 4.31 Å². The first kappa shape index (κ1) is 15.3. The van der Waals surface area contributed by atoms with Crippen molar-refractivity contribution in [3.63, 3.8) is 0 Å². The molecule has 0 saturated carbocycles. The Labute approximate surface area is 111 Å². The normalized spacial score (nSPS) is 22.5. The Kier molecular flexibility index (Phi) is 6.24. The van der Waals surface area contributed by atoms with Crippen LogP contribution in [0.2, 0.25) is 0 Å². The van der Waals surface area contributed by atoms with Gasteiger partial charge >= 0.3 is 0 Å². The van der Waals surface area contributed by atoms with Crippen LogP contribution in [0.1, 0.15) is 46.0 Å². The van der Waals surface area contributed by atoms with Gasteiger partial charge in [-0.3, -0.25) is 0 Å². The van der Waals surface area contributed by atoms with Crippen molar-refractivity contribution in [1.82, 2.24) is 4.31 Å². The molecule has 1 aliphatic heterocycles. The second-order valence-electron chi connectivity index (χ2n) is 5.24. The average molecular weight is 282 g/mol. The minimum absolute atomic E-state index is 0.200. The highest BCUT2D eigenvalue weighted by Gasteiger charge is 2.33. The van der Waals surface area contributed by atoms with E-state index in [-0.39, 0.29) is 6.04 Å². The Bertz CT molecular complexity index is 316. The van der Waals surface area contributed by atoms with Crippen molar-refractivity contribution >= 4 is 21.6 Å². The van der Waals surface area contributed by atoms with Gasteiger partial charge < -0.3 is 0 Å². The maximum Gasteiger partial charge on any atom is 0.214 e. The molecular weight excluding hydrogens is 258 g/mol. The monoisotopic (exact) mass is 281 g/mol. The summed E-state index contributed by atoms with van der Waals surface area (Å²) in [5.74, 6) is 1.35. The number of sulfonamides is 1. The summed E-state index contributed by atoms with van der Waals surface area (Å²) in [4.78, 5) is 0. The quantitative estimate of drug-likeness (QED) is 0.673. The molecule has 1 fully saturated rings. The first-order valence-electron chi connectivity index (χ1n) is 6.53. The van der Waals surface area contributed by atoms with Crippen LogP contribution >= 0.6 is 11.6 Å². The van der Waals surface area contributed by atoms with Crippen molar-refractivity contribution in [2.24, 2.45) is 5.92 Å². The predicted molar refractivity (Wildman–Crippen MR) is 72.9 cm³/mol. The average Bonchev–Trinajstić information content (AvgIpc) is 2.72. The summed E-state index contributed by atoms with van der Waals surface area (Å²) in [5, 5.41) is 0. The molecule has 102 valence electrons. The summed E-state index contributed by atoms with van der Waals surface area (Å²) < 4.78 is 26.1. The Hall–Kier alpha value is 0.200. The van der Waals surface area contributed by atoms with Gasteiger partial charge in [-0.05, 0) is 38.0 Å². The van der Waals surface area contributed by atoms with Crippen LogP contribution in [0.4, 0.5) is 0 Å². The predicted octanol–water partition coefficient (Wildman–Crippen LogP) is 2.85. The number of nitrogens with zero attached hydrogens (tertiary/aromatic N) is 1.